The topological polar surface area (TPSA) is 115 Å². The van der Waals surface area contributed by atoms with Gasteiger partial charge >= 0.3 is 18.2 Å². The van der Waals surface area contributed by atoms with Crippen molar-refractivity contribution >= 4 is 34.8 Å². The number of aromatic nitrogens is 3. The molecule has 0 unspecified atom stereocenters. The summed E-state index contributed by atoms with van der Waals surface area (Å²) in [6, 6.07) is 11.0. The molecule has 2 heterocycles. The van der Waals surface area contributed by atoms with Gasteiger partial charge in [0.25, 0.3) is 0 Å². The molecule has 2 aromatic heterocycles. The molecule has 0 spiro atoms. The van der Waals surface area contributed by atoms with Crippen molar-refractivity contribution in [1.29, 1.82) is 0 Å². The molecule has 184 valence electrons. The zero-order valence-electron chi connectivity index (χ0n) is 18.6. The van der Waals surface area contributed by atoms with Gasteiger partial charge < -0.3 is 21.1 Å². The van der Waals surface area contributed by atoms with Crippen LogP contribution >= 0.6 is 11.6 Å². The van der Waals surface area contributed by atoms with Crippen LogP contribution in [0.1, 0.15) is 11.1 Å². The van der Waals surface area contributed by atoms with E-state index in [4.69, 9.17) is 22.1 Å². The molecule has 0 saturated carbocycles. The minimum atomic E-state index is -4.52. The number of nitrogen functional groups attached to an aromatic ring is 1. The van der Waals surface area contributed by atoms with Crippen LogP contribution in [-0.2, 0) is 6.18 Å². The summed E-state index contributed by atoms with van der Waals surface area (Å²) >= 11 is 5.99. The number of nitrogens with zero attached hydrogens (tertiary/aromatic N) is 3. The lowest BCUT2D eigenvalue weighted by Gasteiger charge is -2.13. The summed E-state index contributed by atoms with van der Waals surface area (Å²) in [6.45, 7) is 1.58. The molecule has 2 aromatic carbocycles. The normalized spacial score (nSPS) is 11.1. The van der Waals surface area contributed by atoms with Crippen LogP contribution in [0.2, 0.25) is 5.02 Å². The third-order valence-corrected chi connectivity index (χ3v) is 5.17. The maximum Gasteiger partial charge on any atom is 0.416 e. The number of halogens is 4. The summed E-state index contributed by atoms with van der Waals surface area (Å²) in [6.07, 6.45) is -0.463. The Kier molecular flexibility index (Phi) is 6.93. The zero-order chi connectivity index (χ0) is 25.9. The Labute approximate surface area is 208 Å². The summed E-state index contributed by atoms with van der Waals surface area (Å²) in [5.41, 5.74) is 7.22. The van der Waals surface area contributed by atoms with Crippen molar-refractivity contribution in [3.8, 4) is 22.9 Å². The van der Waals surface area contributed by atoms with Gasteiger partial charge in [-0.3, -0.25) is 0 Å². The van der Waals surface area contributed by atoms with Gasteiger partial charge in [-0.1, -0.05) is 29.8 Å². The Bertz CT molecular complexity index is 1400. The Morgan fingerprint density at radius 1 is 0.972 bits per heavy atom. The Morgan fingerprint density at radius 3 is 2.33 bits per heavy atom. The standard InChI is InChI=1S/C24H18ClF3N6O2/c1-13-2-5-15(24(26,27)28)8-20(13)34-22(35)33-17-11-31-23(32-12-17)36-18-6-3-14(4-7-18)19-9-16(25)10-30-21(19)29/h2-12H,1H3,(H2,29,30)(H2,33,34,35). The highest BCUT2D eigenvalue weighted by Gasteiger charge is 2.31. The number of alkyl halides is 3. The van der Waals surface area contributed by atoms with Crippen LogP contribution in [0.3, 0.4) is 0 Å². The second-order valence-electron chi connectivity index (χ2n) is 7.57. The molecule has 4 rings (SSSR count). The molecule has 0 saturated heterocycles. The smallest absolute Gasteiger partial charge is 0.416 e. The van der Waals surface area contributed by atoms with E-state index >= 15 is 0 Å². The van der Waals surface area contributed by atoms with E-state index in [1.807, 2.05) is 0 Å². The number of urea groups is 1. The average Bonchev–Trinajstić information content (AvgIpc) is 2.83. The summed E-state index contributed by atoms with van der Waals surface area (Å²) in [7, 11) is 0. The quantitative estimate of drug-likeness (QED) is 0.278. The van der Waals surface area contributed by atoms with Gasteiger partial charge in [0.05, 0.1) is 28.7 Å². The molecule has 4 N–H and O–H groups in total. The summed E-state index contributed by atoms with van der Waals surface area (Å²) in [5.74, 6) is 0.789. The third kappa shape index (κ3) is 5.99. The number of pyridine rings is 1. The van der Waals surface area contributed by atoms with Crippen molar-refractivity contribution in [2.45, 2.75) is 13.1 Å². The van der Waals surface area contributed by atoms with Crippen molar-refractivity contribution in [3.05, 3.63) is 83.3 Å². The summed E-state index contributed by atoms with van der Waals surface area (Å²) < 4.78 is 44.4. The van der Waals surface area contributed by atoms with E-state index in [1.54, 1.807) is 37.3 Å². The number of nitrogens with one attached hydrogen (secondary N) is 2. The van der Waals surface area contributed by atoms with E-state index in [1.165, 1.54) is 24.7 Å². The largest absolute Gasteiger partial charge is 0.424 e. The number of aryl methyl sites for hydroxylation is 1. The van der Waals surface area contributed by atoms with Crippen LogP contribution in [0.25, 0.3) is 11.1 Å². The molecule has 0 aliphatic carbocycles. The summed E-state index contributed by atoms with van der Waals surface area (Å²) in [5, 5.41) is 5.31. The number of carbonyl (C=O) groups is 1. The lowest BCUT2D eigenvalue weighted by atomic mass is 10.1. The number of anilines is 3. The van der Waals surface area contributed by atoms with E-state index in [0.717, 1.165) is 17.7 Å². The number of ether oxygens (including phenoxy) is 1. The van der Waals surface area contributed by atoms with Crippen LogP contribution in [0.5, 0.6) is 11.8 Å². The molecule has 0 atom stereocenters. The van der Waals surface area contributed by atoms with Gasteiger partial charge in [0.2, 0.25) is 0 Å². The van der Waals surface area contributed by atoms with Crippen LogP contribution in [0.15, 0.2) is 67.1 Å². The predicted octanol–water partition coefficient (Wildman–Crippen LogP) is 6.54. The number of carbonyl (C=O) groups excluding carboxylic acids is 1. The molecule has 36 heavy (non-hydrogen) atoms. The van der Waals surface area contributed by atoms with E-state index < -0.39 is 17.8 Å². The van der Waals surface area contributed by atoms with Crippen LogP contribution in [0.4, 0.5) is 35.2 Å². The van der Waals surface area contributed by atoms with Crippen molar-refractivity contribution < 1.29 is 22.7 Å². The van der Waals surface area contributed by atoms with Gasteiger partial charge in [-0.05, 0) is 48.4 Å². The summed E-state index contributed by atoms with van der Waals surface area (Å²) in [4.78, 5) is 24.3. The number of hydrogen-bond donors (Lipinski definition) is 3. The van der Waals surface area contributed by atoms with Gasteiger partial charge in [-0.25, -0.2) is 19.7 Å². The minimum absolute atomic E-state index is 0.0198. The van der Waals surface area contributed by atoms with Crippen molar-refractivity contribution in [2.75, 3.05) is 16.4 Å². The van der Waals surface area contributed by atoms with Gasteiger partial charge in [0, 0.05) is 17.4 Å². The van der Waals surface area contributed by atoms with E-state index in [2.05, 4.69) is 25.6 Å². The van der Waals surface area contributed by atoms with E-state index in [9.17, 15) is 18.0 Å². The maximum atomic E-state index is 12.9. The molecule has 2 amide bonds. The lowest BCUT2D eigenvalue weighted by Crippen LogP contribution is -2.20. The van der Waals surface area contributed by atoms with Gasteiger partial charge in [-0.2, -0.15) is 13.2 Å². The molecular weight excluding hydrogens is 497 g/mol. The molecule has 4 aromatic rings. The SMILES string of the molecule is Cc1ccc(C(F)(F)F)cc1NC(=O)Nc1cnc(Oc2ccc(-c3cc(Cl)cnc3N)cc2)nc1. The molecular formula is C24H18ClF3N6O2. The number of hydrogen-bond acceptors (Lipinski definition) is 6. The minimum Gasteiger partial charge on any atom is -0.424 e. The highest BCUT2D eigenvalue weighted by atomic mass is 35.5. The highest BCUT2D eigenvalue weighted by molar-refractivity contribution is 6.30. The fourth-order valence-electron chi connectivity index (χ4n) is 3.14. The molecule has 0 bridgehead atoms. The van der Waals surface area contributed by atoms with E-state index in [0.29, 0.717) is 27.7 Å². The molecule has 0 radical (unpaired) electrons. The number of benzene rings is 2. The number of amides is 2. The fraction of sp³-hybridized carbons (Fsp3) is 0.0833. The van der Waals surface area contributed by atoms with Crippen molar-refractivity contribution in [3.63, 3.8) is 0 Å². The van der Waals surface area contributed by atoms with Crippen molar-refractivity contribution in [2.24, 2.45) is 0 Å². The second-order valence-corrected chi connectivity index (χ2v) is 8.01. The second kappa shape index (κ2) is 10.1. The molecule has 8 nitrogen and oxygen atoms in total. The molecule has 0 aliphatic heterocycles. The Hall–Kier alpha value is -4.38. The Morgan fingerprint density at radius 2 is 1.67 bits per heavy atom. The van der Waals surface area contributed by atoms with Gasteiger partial charge in [0.1, 0.15) is 11.6 Å². The van der Waals surface area contributed by atoms with E-state index in [-0.39, 0.29) is 17.4 Å². The Balaban J connectivity index is 1.38. The maximum absolute atomic E-state index is 12.9. The van der Waals surface area contributed by atoms with Crippen LogP contribution in [-0.4, -0.2) is 21.0 Å². The monoisotopic (exact) mass is 514 g/mol. The first-order valence-electron chi connectivity index (χ1n) is 10.4. The first-order valence-corrected chi connectivity index (χ1v) is 10.7. The molecule has 0 fully saturated rings. The first kappa shape index (κ1) is 24.7. The van der Waals surface area contributed by atoms with Crippen molar-refractivity contribution in [1.82, 2.24) is 15.0 Å². The fourth-order valence-corrected chi connectivity index (χ4v) is 3.30. The van der Waals surface area contributed by atoms with Gasteiger partial charge in [-0.15, -0.1) is 0 Å². The zero-order valence-corrected chi connectivity index (χ0v) is 19.4. The number of nitrogens with two attached hydrogens (primary N) is 1. The highest BCUT2D eigenvalue weighted by Crippen LogP contribution is 2.32. The van der Waals surface area contributed by atoms with Crippen LogP contribution < -0.4 is 21.1 Å². The first-order chi connectivity index (χ1) is 17.1. The molecule has 0 aliphatic rings. The average molecular weight is 515 g/mol. The van der Waals surface area contributed by atoms with Crippen LogP contribution in [0, 0.1) is 6.92 Å². The predicted molar refractivity (Wildman–Crippen MR) is 130 cm³/mol. The lowest BCUT2D eigenvalue weighted by molar-refractivity contribution is -0.137. The third-order valence-electron chi connectivity index (χ3n) is 4.96. The van der Waals surface area contributed by atoms with Gasteiger partial charge in [0.15, 0.2) is 0 Å². The molecule has 12 heteroatoms. The number of rotatable bonds is 5.